The van der Waals surface area contributed by atoms with Gasteiger partial charge in [0.1, 0.15) is 5.82 Å². The number of aromatic nitrogens is 1. The molecule has 0 spiro atoms. The number of carbonyl (C=O) groups is 1. The molecule has 0 N–H and O–H groups in total. The third-order valence-electron chi connectivity index (χ3n) is 4.89. The summed E-state index contributed by atoms with van der Waals surface area (Å²) in [7, 11) is 0. The molecule has 0 aliphatic carbocycles. The highest BCUT2D eigenvalue weighted by Gasteiger charge is 2.28. The van der Waals surface area contributed by atoms with E-state index in [1.54, 1.807) is 18.3 Å². The van der Waals surface area contributed by atoms with Gasteiger partial charge < -0.3 is 4.90 Å². The molecule has 0 bridgehead atoms. The van der Waals surface area contributed by atoms with Crippen molar-refractivity contribution in [2.45, 2.75) is 45.2 Å². The molecule has 26 heavy (non-hydrogen) atoms. The Morgan fingerprint density at radius 2 is 1.96 bits per heavy atom. The van der Waals surface area contributed by atoms with E-state index in [4.69, 9.17) is 0 Å². The number of pyridine rings is 1. The summed E-state index contributed by atoms with van der Waals surface area (Å²) in [6.45, 7) is 4.78. The zero-order chi connectivity index (χ0) is 18.4. The molecule has 3 rings (SSSR count). The molecule has 5 heteroatoms. The number of rotatable bonds is 6. The van der Waals surface area contributed by atoms with Crippen molar-refractivity contribution in [2.24, 2.45) is 0 Å². The maximum atomic E-state index is 13.3. The second kappa shape index (κ2) is 8.90. The van der Waals surface area contributed by atoms with Crippen LogP contribution in [0.25, 0.3) is 0 Å². The van der Waals surface area contributed by atoms with Gasteiger partial charge >= 0.3 is 0 Å². The van der Waals surface area contributed by atoms with Gasteiger partial charge in [0.05, 0.1) is 0 Å². The predicted octanol–water partition coefficient (Wildman–Crippen LogP) is 4.02. The number of anilines is 1. The maximum absolute atomic E-state index is 13.3. The summed E-state index contributed by atoms with van der Waals surface area (Å²) in [4.78, 5) is 21.2. The van der Waals surface area contributed by atoms with Crippen LogP contribution in [-0.2, 0) is 11.3 Å². The number of likely N-dealkylation sites (tertiary alicyclic amines) is 1. The number of piperidine rings is 1. The Morgan fingerprint density at radius 3 is 2.58 bits per heavy atom. The number of hydrogen-bond donors (Lipinski definition) is 0. The van der Waals surface area contributed by atoms with Crippen LogP contribution < -0.4 is 4.90 Å². The minimum absolute atomic E-state index is 0.129. The molecule has 0 radical (unpaired) electrons. The van der Waals surface area contributed by atoms with Gasteiger partial charge in [0.25, 0.3) is 0 Å². The Kier molecular flexibility index (Phi) is 6.34. The fourth-order valence-electron chi connectivity index (χ4n) is 3.58. The van der Waals surface area contributed by atoms with E-state index >= 15 is 0 Å². The highest BCUT2D eigenvalue weighted by atomic mass is 19.1. The number of benzene rings is 1. The Balaban J connectivity index is 1.66. The van der Waals surface area contributed by atoms with Crippen molar-refractivity contribution in [2.75, 3.05) is 18.0 Å². The first-order chi connectivity index (χ1) is 12.7. The molecule has 4 nitrogen and oxygen atoms in total. The minimum atomic E-state index is -0.275. The Morgan fingerprint density at radius 1 is 1.23 bits per heavy atom. The van der Waals surface area contributed by atoms with Crippen LogP contribution in [0.2, 0.25) is 0 Å². The van der Waals surface area contributed by atoms with E-state index in [0.29, 0.717) is 6.42 Å². The monoisotopic (exact) mass is 355 g/mol. The number of hydrogen-bond acceptors (Lipinski definition) is 3. The van der Waals surface area contributed by atoms with E-state index in [1.165, 1.54) is 17.7 Å². The summed E-state index contributed by atoms with van der Waals surface area (Å²) in [6.07, 6.45) is 6.88. The first kappa shape index (κ1) is 18.5. The lowest BCUT2D eigenvalue weighted by molar-refractivity contribution is -0.119. The first-order valence-corrected chi connectivity index (χ1v) is 9.36. The zero-order valence-electron chi connectivity index (χ0n) is 15.3. The van der Waals surface area contributed by atoms with Crippen molar-refractivity contribution in [3.05, 3.63) is 60.2 Å². The molecular formula is C21H26FN3O. The van der Waals surface area contributed by atoms with Crippen LogP contribution >= 0.6 is 0 Å². The molecule has 1 aliphatic heterocycles. The Labute approximate surface area is 154 Å². The van der Waals surface area contributed by atoms with Gasteiger partial charge in [-0.15, -0.1) is 0 Å². The molecule has 1 aromatic heterocycles. The van der Waals surface area contributed by atoms with Crippen molar-refractivity contribution in [1.29, 1.82) is 0 Å². The summed E-state index contributed by atoms with van der Waals surface area (Å²) >= 11 is 0. The van der Waals surface area contributed by atoms with Crippen molar-refractivity contribution in [3.63, 3.8) is 0 Å². The van der Waals surface area contributed by atoms with Gasteiger partial charge in [-0.05, 0) is 55.2 Å². The third-order valence-corrected chi connectivity index (χ3v) is 4.89. The van der Waals surface area contributed by atoms with Crippen LogP contribution in [0.3, 0.4) is 0 Å². The van der Waals surface area contributed by atoms with Gasteiger partial charge in [0, 0.05) is 50.2 Å². The van der Waals surface area contributed by atoms with Crippen LogP contribution in [-0.4, -0.2) is 34.9 Å². The van der Waals surface area contributed by atoms with E-state index in [0.717, 1.165) is 44.6 Å². The number of amides is 1. The van der Waals surface area contributed by atoms with Crippen LogP contribution in [0.4, 0.5) is 10.1 Å². The molecule has 1 fully saturated rings. The Hall–Kier alpha value is -2.27. The lowest BCUT2D eigenvalue weighted by atomic mass is 10.0. The fraction of sp³-hybridized carbons (Fsp3) is 0.429. The topological polar surface area (TPSA) is 36.4 Å². The van der Waals surface area contributed by atoms with E-state index in [9.17, 15) is 9.18 Å². The van der Waals surface area contributed by atoms with E-state index < -0.39 is 0 Å². The van der Waals surface area contributed by atoms with E-state index in [-0.39, 0.29) is 17.8 Å². The normalized spacial score (nSPS) is 15.8. The van der Waals surface area contributed by atoms with E-state index in [2.05, 4.69) is 16.0 Å². The van der Waals surface area contributed by atoms with Gasteiger partial charge in [0.15, 0.2) is 0 Å². The van der Waals surface area contributed by atoms with Gasteiger partial charge in [-0.3, -0.25) is 14.7 Å². The van der Waals surface area contributed by atoms with E-state index in [1.807, 2.05) is 24.1 Å². The highest BCUT2D eigenvalue weighted by Crippen LogP contribution is 2.26. The first-order valence-electron chi connectivity index (χ1n) is 9.36. The summed E-state index contributed by atoms with van der Waals surface area (Å²) in [5.74, 6) is -0.146. The summed E-state index contributed by atoms with van der Waals surface area (Å²) in [5.41, 5.74) is 2.01. The molecule has 1 aromatic carbocycles. The molecule has 1 saturated heterocycles. The second-order valence-electron chi connectivity index (χ2n) is 6.86. The molecule has 1 amide bonds. The van der Waals surface area contributed by atoms with Crippen molar-refractivity contribution >= 4 is 11.6 Å². The van der Waals surface area contributed by atoms with Crippen molar-refractivity contribution in [3.8, 4) is 0 Å². The van der Waals surface area contributed by atoms with Crippen LogP contribution in [0.15, 0.2) is 48.8 Å². The SMILES string of the molecule is CCCC(=O)N(c1ccc(F)cc1)C1CCN(Cc2cccnc2)CC1. The number of nitrogens with zero attached hydrogens (tertiary/aromatic N) is 3. The quantitative estimate of drug-likeness (QED) is 0.785. The lowest BCUT2D eigenvalue weighted by Gasteiger charge is -2.38. The standard InChI is InChI=1S/C21H26FN3O/c1-2-4-21(26)25(19-8-6-18(22)7-9-19)20-10-13-24(14-11-20)16-17-5-3-12-23-15-17/h3,5-9,12,15,20H,2,4,10-11,13-14,16H2,1H3. The van der Waals surface area contributed by atoms with Gasteiger partial charge in [0.2, 0.25) is 5.91 Å². The molecular weight excluding hydrogens is 329 g/mol. The average molecular weight is 355 g/mol. The predicted molar refractivity (Wildman–Crippen MR) is 101 cm³/mol. The molecule has 1 aliphatic rings. The minimum Gasteiger partial charge on any atom is -0.309 e. The third kappa shape index (κ3) is 4.67. The van der Waals surface area contributed by atoms with Crippen molar-refractivity contribution < 1.29 is 9.18 Å². The molecule has 2 aromatic rings. The van der Waals surface area contributed by atoms with Gasteiger partial charge in [-0.25, -0.2) is 4.39 Å². The molecule has 2 heterocycles. The van der Waals surface area contributed by atoms with Crippen LogP contribution in [0.5, 0.6) is 0 Å². The van der Waals surface area contributed by atoms with Crippen LogP contribution in [0.1, 0.15) is 38.2 Å². The summed E-state index contributed by atoms with van der Waals surface area (Å²) in [6, 6.07) is 10.5. The van der Waals surface area contributed by atoms with Gasteiger partial charge in [-0.1, -0.05) is 13.0 Å². The smallest absolute Gasteiger partial charge is 0.227 e. The molecule has 138 valence electrons. The largest absolute Gasteiger partial charge is 0.309 e. The second-order valence-corrected chi connectivity index (χ2v) is 6.86. The zero-order valence-corrected chi connectivity index (χ0v) is 15.3. The summed E-state index contributed by atoms with van der Waals surface area (Å²) < 4.78 is 13.3. The van der Waals surface area contributed by atoms with Gasteiger partial charge in [-0.2, -0.15) is 0 Å². The number of carbonyl (C=O) groups excluding carboxylic acids is 1. The fourth-order valence-corrected chi connectivity index (χ4v) is 3.58. The highest BCUT2D eigenvalue weighted by molar-refractivity contribution is 5.93. The maximum Gasteiger partial charge on any atom is 0.227 e. The van der Waals surface area contributed by atoms with Crippen molar-refractivity contribution in [1.82, 2.24) is 9.88 Å². The molecule has 0 atom stereocenters. The summed E-state index contributed by atoms with van der Waals surface area (Å²) in [5, 5.41) is 0. The lowest BCUT2D eigenvalue weighted by Crippen LogP contribution is -2.47. The number of halogens is 1. The average Bonchev–Trinajstić information content (AvgIpc) is 2.66. The molecule has 0 unspecified atom stereocenters. The Bertz CT molecular complexity index is 697. The van der Waals surface area contributed by atoms with Crippen LogP contribution in [0, 0.1) is 5.82 Å². The molecule has 0 saturated carbocycles.